The number of aromatic nitrogens is 3. The fourth-order valence-electron chi connectivity index (χ4n) is 3.71. The van der Waals surface area contributed by atoms with Gasteiger partial charge in [0, 0.05) is 30.4 Å². The molecular formula is C28H26F3N5O5. The third-order valence-electron chi connectivity index (χ3n) is 5.57. The minimum absolute atomic E-state index is 0.00721. The Morgan fingerprint density at radius 2 is 1.66 bits per heavy atom. The first-order valence-corrected chi connectivity index (χ1v) is 12.3. The normalized spacial score (nSPS) is 11.7. The van der Waals surface area contributed by atoms with Crippen LogP contribution in [-0.4, -0.2) is 51.7 Å². The van der Waals surface area contributed by atoms with Crippen molar-refractivity contribution in [2.45, 2.75) is 32.5 Å². The summed E-state index contributed by atoms with van der Waals surface area (Å²) in [7, 11) is 1.49. The zero-order valence-corrected chi connectivity index (χ0v) is 22.5. The Balaban J connectivity index is 1.52. The molecule has 4 aromatic rings. The molecule has 0 saturated heterocycles. The quantitative estimate of drug-likeness (QED) is 0.273. The Morgan fingerprint density at radius 3 is 2.29 bits per heavy atom. The van der Waals surface area contributed by atoms with Crippen molar-refractivity contribution in [2.75, 3.05) is 18.9 Å². The van der Waals surface area contributed by atoms with Gasteiger partial charge in [0.05, 0.1) is 17.6 Å². The van der Waals surface area contributed by atoms with E-state index >= 15 is 0 Å². The molecule has 0 aliphatic carbocycles. The lowest BCUT2D eigenvalue weighted by Gasteiger charge is -2.19. The van der Waals surface area contributed by atoms with Gasteiger partial charge in [0.2, 0.25) is 5.78 Å². The maximum Gasteiger partial charge on any atom is 0.435 e. The molecule has 1 amide bonds. The molecule has 0 spiro atoms. The number of alkyl halides is 3. The molecule has 4 rings (SSSR count). The summed E-state index contributed by atoms with van der Waals surface area (Å²) in [6.07, 6.45) is -4.15. The van der Waals surface area contributed by atoms with Gasteiger partial charge in [0.1, 0.15) is 28.5 Å². The first-order valence-electron chi connectivity index (χ1n) is 12.3. The lowest BCUT2D eigenvalue weighted by atomic mass is 10.1. The third-order valence-corrected chi connectivity index (χ3v) is 5.57. The molecule has 0 aliphatic rings. The summed E-state index contributed by atoms with van der Waals surface area (Å²) in [5.74, 6) is -0.175. The van der Waals surface area contributed by atoms with E-state index in [2.05, 4.69) is 20.7 Å². The SMILES string of the molecule is CNC(=O)c1cc(Oc2ccc(NCC(=O)c3nn(C(=O)OC(C)(C)C)c4ccc(C(F)(F)F)cc34)cc2)ccn1. The Kier molecular flexibility index (Phi) is 7.99. The number of hydrogen-bond donors (Lipinski definition) is 2. The van der Waals surface area contributed by atoms with Crippen LogP contribution in [0.25, 0.3) is 10.9 Å². The van der Waals surface area contributed by atoms with Gasteiger partial charge in [0.25, 0.3) is 5.91 Å². The van der Waals surface area contributed by atoms with Crippen LogP contribution in [-0.2, 0) is 10.9 Å². The number of pyridine rings is 1. The first-order chi connectivity index (χ1) is 19.2. The number of anilines is 1. The molecule has 41 heavy (non-hydrogen) atoms. The van der Waals surface area contributed by atoms with Crippen LogP contribution in [0.15, 0.2) is 60.8 Å². The highest BCUT2D eigenvalue weighted by molar-refractivity contribution is 6.09. The molecule has 0 fully saturated rings. The van der Waals surface area contributed by atoms with Gasteiger partial charge >= 0.3 is 12.3 Å². The van der Waals surface area contributed by atoms with Gasteiger partial charge < -0.3 is 20.1 Å². The number of fused-ring (bicyclic) bond motifs is 1. The van der Waals surface area contributed by atoms with E-state index in [4.69, 9.17) is 9.47 Å². The number of benzene rings is 2. The number of Topliss-reactive ketones (excluding diaryl/α,β-unsaturated/α-hetero) is 1. The van der Waals surface area contributed by atoms with E-state index < -0.39 is 29.2 Å². The molecule has 0 atom stereocenters. The monoisotopic (exact) mass is 569 g/mol. The number of amides is 1. The Labute approximate surface area is 232 Å². The molecule has 0 radical (unpaired) electrons. The molecule has 13 heteroatoms. The van der Waals surface area contributed by atoms with Crippen molar-refractivity contribution in [3.05, 3.63) is 77.7 Å². The number of nitrogens with one attached hydrogen (secondary N) is 2. The van der Waals surface area contributed by atoms with Crippen molar-refractivity contribution >= 4 is 34.4 Å². The van der Waals surface area contributed by atoms with E-state index in [-0.39, 0.29) is 34.7 Å². The number of halogens is 3. The van der Waals surface area contributed by atoms with Crippen LogP contribution in [0.4, 0.5) is 23.7 Å². The maximum absolute atomic E-state index is 13.4. The van der Waals surface area contributed by atoms with Crippen LogP contribution < -0.4 is 15.4 Å². The standard InChI is InChI=1S/C28H26F3N5O5/c1-27(2,3)41-26(39)36-22-10-5-16(28(29,30)31)13-20(22)24(35-36)23(37)15-34-17-6-8-18(9-7-17)40-19-11-12-33-21(14-19)25(38)32-4/h5-14,34H,15H2,1-4H3,(H,32,38). The summed E-state index contributed by atoms with van der Waals surface area (Å²) in [6.45, 7) is 4.56. The fraction of sp³-hybridized carbons (Fsp3) is 0.250. The molecular weight excluding hydrogens is 543 g/mol. The molecule has 2 aromatic heterocycles. The van der Waals surface area contributed by atoms with Gasteiger partial charge in [-0.2, -0.15) is 23.0 Å². The van der Waals surface area contributed by atoms with Crippen molar-refractivity contribution in [3.8, 4) is 11.5 Å². The molecule has 2 heterocycles. The topological polar surface area (TPSA) is 124 Å². The summed E-state index contributed by atoms with van der Waals surface area (Å²) in [5, 5.41) is 9.27. The highest BCUT2D eigenvalue weighted by atomic mass is 19.4. The highest BCUT2D eigenvalue weighted by Gasteiger charge is 2.32. The van der Waals surface area contributed by atoms with Crippen molar-refractivity contribution in [1.29, 1.82) is 0 Å². The lowest BCUT2D eigenvalue weighted by molar-refractivity contribution is -0.137. The third kappa shape index (κ3) is 6.99. The van der Waals surface area contributed by atoms with Crippen molar-refractivity contribution in [2.24, 2.45) is 0 Å². The van der Waals surface area contributed by atoms with Crippen LogP contribution in [0, 0.1) is 0 Å². The minimum Gasteiger partial charge on any atom is -0.457 e. The first kappa shape index (κ1) is 29.1. The molecule has 0 aliphatic heterocycles. The molecule has 0 unspecified atom stereocenters. The number of rotatable bonds is 7. The summed E-state index contributed by atoms with van der Waals surface area (Å²) in [5.41, 5.74) is -1.49. The number of ether oxygens (including phenoxy) is 2. The number of hydrogen-bond acceptors (Lipinski definition) is 8. The van der Waals surface area contributed by atoms with Crippen molar-refractivity contribution < 1.29 is 37.0 Å². The second kappa shape index (κ2) is 11.3. The minimum atomic E-state index is -4.66. The summed E-state index contributed by atoms with van der Waals surface area (Å²) < 4.78 is 52.0. The molecule has 2 aromatic carbocycles. The van der Waals surface area contributed by atoms with E-state index in [1.807, 2.05) is 0 Å². The smallest absolute Gasteiger partial charge is 0.435 e. The van der Waals surface area contributed by atoms with Gasteiger partial charge in [-0.3, -0.25) is 14.6 Å². The molecule has 2 N–H and O–H groups in total. The van der Waals surface area contributed by atoms with Gasteiger partial charge in [-0.25, -0.2) is 4.79 Å². The Morgan fingerprint density at radius 1 is 0.951 bits per heavy atom. The van der Waals surface area contributed by atoms with Crippen LogP contribution in [0.5, 0.6) is 11.5 Å². The maximum atomic E-state index is 13.4. The molecule has 214 valence electrons. The van der Waals surface area contributed by atoms with E-state index in [1.54, 1.807) is 51.1 Å². The van der Waals surface area contributed by atoms with Gasteiger partial charge in [0.15, 0.2) is 0 Å². The summed E-state index contributed by atoms with van der Waals surface area (Å²) in [4.78, 5) is 41.5. The highest BCUT2D eigenvalue weighted by Crippen LogP contribution is 2.33. The van der Waals surface area contributed by atoms with E-state index in [1.165, 1.54) is 19.3 Å². The van der Waals surface area contributed by atoms with E-state index in [0.717, 1.165) is 22.9 Å². The average Bonchev–Trinajstić information content (AvgIpc) is 3.30. The van der Waals surface area contributed by atoms with Gasteiger partial charge in [-0.15, -0.1) is 0 Å². The van der Waals surface area contributed by atoms with Gasteiger partial charge in [-0.1, -0.05) is 0 Å². The molecule has 0 bridgehead atoms. The zero-order valence-electron chi connectivity index (χ0n) is 22.5. The molecule has 0 saturated carbocycles. The predicted octanol–water partition coefficient (Wildman–Crippen LogP) is 5.68. The zero-order chi connectivity index (χ0) is 29.9. The van der Waals surface area contributed by atoms with Crippen LogP contribution >= 0.6 is 0 Å². The van der Waals surface area contributed by atoms with Crippen LogP contribution in [0.3, 0.4) is 0 Å². The van der Waals surface area contributed by atoms with Gasteiger partial charge in [-0.05, 0) is 69.3 Å². The second-order valence-corrected chi connectivity index (χ2v) is 9.83. The average molecular weight is 570 g/mol. The Hall–Kier alpha value is -4.94. The number of nitrogens with zero attached hydrogens (tertiary/aromatic N) is 3. The van der Waals surface area contributed by atoms with Crippen molar-refractivity contribution in [3.63, 3.8) is 0 Å². The Bertz CT molecular complexity index is 1610. The van der Waals surface area contributed by atoms with E-state index in [9.17, 15) is 27.6 Å². The largest absolute Gasteiger partial charge is 0.457 e. The van der Waals surface area contributed by atoms with Crippen LogP contribution in [0.1, 0.15) is 47.3 Å². The number of carbonyl (C=O) groups excluding carboxylic acids is 3. The summed E-state index contributed by atoms with van der Waals surface area (Å²) >= 11 is 0. The fourth-order valence-corrected chi connectivity index (χ4v) is 3.71. The number of ketones is 1. The lowest BCUT2D eigenvalue weighted by Crippen LogP contribution is -2.28. The predicted molar refractivity (Wildman–Crippen MR) is 143 cm³/mol. The number of carbonyl (C=O) groups is 3. The summed E-state index contributed by atoms with van der Waals surface area (Å²) in [6, 6.07) is 12.2. The molecule has 10 nitrogen and oxygen atoms in total. The second-order valence-electron chi connectivity index (χ2n) is 9.83. The van der Waals surface area contributed by atoms with Crippen molar-refractivity contribution in [1.82, 2.24) is 20.1 Å². The van der Waals surface area contributed by atoms with Crippen LogP contribution in [0.2, 0.25) is 0 Å². The van der Waals surface area contributed by atoms with E-state index in [0.29, 0.717) is 17.2 Å².